The van der Waals surface area contributed by atoms with Crippen molar-refractivity contribution in [3.8, 4) is 11.5 Å². The monoisotopic (exact) mass is 538 g/mol. The number of ether oxygens (including phenoxy) is 2. The summed E-state index contributed by atoms with van der Waals surface area (Å²) in [5, 5.41) is 17.2. The predicted molar refractivity (Wildman–Crippen MR) is 153 cm³/mol. The zero-order valence-corrected chi connectivity index (χ0v) is 24.2. The van der Waals surface area contributed by atoms with E-state index in [4.69, 9.17) is 19.4 Å². The minimum Gasteiger partial charge on any atom is -0.485 e. The maximum atomic E-state index is 12.7. The van der Waals surface area contributed by atoms with Gasteiger partial charge in [-0.2, -0.15) is 0 Å². The van der Waals surface area contributed by atoms with Gasteiger partial charge in [-0.05, 0) is 132 Å². The van der Waals surface area contributed by atoms with Crippen LogP contribution in [0.2, 0.25) is 0 Å². The number of carbonyl (C=O) groups is 2. The van der Waals surface area contributed by atoms with Gasteiger partial charge in [-0.15, -0.1) is 0 Å². The summed E-state index contributed by atoms with van der Waals surface area (Å²) in [5.74, 6) is 4.20. The van der Waals surface area contributed by atoms with Crippen molar-refractivity contribution in [1.82, 2.24) is 0 Å². The van der Waals surface area contributed by atoms with Gasteiger partial charge in [0, 0.05) is 0 Å². The Morgan fingerprint density at radius 2 is 1.26 bits per heavy atom. The molecular weight excluding hydrogens is 492 g/mol. The molecule has 214 valence electrons. The van der Waals surface area contributed by atoms with E-state index >= 15 is 0 Å². The van der Waals surface area contributed by atoms with Gasteiger partial charge >= 0.3 is 5.97 Å². The standard InChI is InChI=1S/C32H44O4.CH2O2/c1-22-6-8-23(9-7-22)24-10-12-25(13-11-24)26-14-18-28(19-15-26)35-30(33)27-16-20-29(21-17-27)36-32(4,5)31(2,3)34;2-1-3/h14-25,34H,6-13H2,1-5H3;1H,(H,2,3). The number of rotatable bonds is 7. The molecule has 0 spiro atoms. The zero-order valence-electron chi connectivity index (χ0n) is 24.2. The first-order chi connectivity index (χ1) is 18.4. The molecule has 6 heteroatoms. The average molecular weight is 539 g/mol. The van der Waals surface area contributed by atoms with Crippen LogP contribution in [0.3, 0.4) is 0 Å². The molecule has 0 unspecified atom stereocenters. The van der Waals surface area contributed by atoms with Crippen LogP contribution in [0.15, 0.2) is 48.5 Å². The van der Waals surface area contributed by atoms with Crippen molar-refractivity contribution in [2.24, 2.45) is 17.8 Å². The van der Waals surface area contributed by atoms with Crippen molar-refractivity contribution < 1.29 is 29.3 Å². The molecule has 0 radical (unpaired) electrons. The zero-order chi connectivity index (χ0) is 28.6. The summed E-state index contributed by atoms with van der Waals surface area (Å²) in [6.45, 7) is 9.25. The van der Waals surface area contributed by atoms with E-state index in [0.29, 0.717) is 23.0 Å². The fraction of sp³-hybridized carbons (Fsp3) is 0.576. The highest BCUT2D eigenvalue weighted by molar-refractivity contribution is 5.91. The second kappa shape index (κ2) is 13.5. The van der Waals surface area contributed by atoms with E-state index in [1.807, 2.05) is 26.0 Å². The van der Waals surface area contributed by atoms with E-state index in [1.54, 1.807) is 38.1 Å². The topological polar surface area (TPSA) is 93.1 Å². The Kier molecular flexibility index (Phi) is 10.6. The normalized spacial score (nSPS) is 23.6. The second-order valence-corrected chi connectivity index (χ2v) is 12.4. The summed E-state index contributed by atoms with van der Waals surface area (Å²) in [6.07, 6.45) is 11.0. The molecule has 2 aliphatic rings. The summed E-state index contributed by atoms with van der Waals surface area (Å²) in [7, 11) is 0. The lowest BCUT2D eigenvalue weighted by atomic mass is 9.68. The molecule has 0 bridgehead atoms. The van der Waals surface area contributed by atoms with E-state index in [1.165, 1.54) is 56.9 Å². The molecule has 2 aliphatic carbocycles. The Labute approximate surface area is 233 Å². The molecule has 2 N–H and O–H groups in total. The van der Waals surface area contributed by atoms with Gasteiger partial charge in [0.2, 0.25) is 0 Å². The lowest BCUT2D eigenvalue weighted by Crippen LogP contribution is -2.49. The third kappa shape index (κ3) is 8.56. The Balaban J connectivity index is 0.00000134. The van der Waals surface area contributed by atoms with Crippen molar-refractivity contribution in [3.63, 3.8) is 0 Å². The Hall–Kier alpha value is -2.86. The van der Waals surface area contributed by atoms with Gasteiger partial charge in [0.15, 0.2) is 0 Å². The van der Waals surface area contributed by atoms with E-state index in [0.717, 1.165) is 17.8 Å². The third-order valence-corrected chi connectivity index (χ3v) is 9.00. The highest BCUT2D eigenvalue weighted by Crippen LogP contribution is 2.44. The van der Waals surface area contributed by atoms with E-state index in [-0.39, 0.29) is 6.47 Å². The molecule has 0 saturated heterocycles. The molecule has 4 rings (SSSR count). The number of carboxylic acid groups (broad SMARTS) is 1. The first-order valence-corrected chi connectivity index (χ1v) is 14.3. The van der Waals surface area contributed by atoms with Gasteiger partial charge in [-0.3, -0.25) is 4.79 Å². The lowest BCUT2D eigenvalue weighted by molar-refractivity contribution is -0.122. The molecular formula is C33H46O6. The largest absolute Gasteiger partial charge is 0.485 e. The number of hydrogen-bond acceptors (Lipinski definition) is 5. The molecule has 0 amide bonds. The number of benzene rings is 2. The molecule has 0 aromatic heterocycles. The quantitative estimate of drug-likeness (QED) is 0.214. The van der Waals surface area contributed by atoms with Crippen molar-refractivity contribution in [3.05, 3.63) is 59.7 Å². The van der Waals surface area contributed by atoms with Crippen molar-refractivity contribution in [2.45, 2.75) is 103 Å². The van der Waals surface area contributed by atoms with Crippen LogP contribution < -0.4 is 9.47 Å². The molecule has 0 heterocycles. The summed E-state index contributed by atoms with van der Waals surface area (Å²) in [6, 6.07) is 15.0. The van der Waals surface area contributed by atoms with E-state index < -0.39 is 17.2 Å². The number of carbonyl (C=O) groups excluding carboxylic acids is 1. The van der Waals surface area contributed by atoms with Gasteiger partial charge in [0.1, 0.15) is 17.1 Å². The summed E-state index contributed by atoms with van der Waals surface area (Å²) < 4.78 is 11.6. The van der Waals surface area contributed by atoms with Crippen LogP contribution in [0, 0.1) is 17.8 Å². The molecule has 0 atom stereocenters. The summed E-state index contributed by atoms with van der Waals surface area (Å²) in [5.41, 5.74) is 0.0406. The van der Waals surface area contributed by atoms with Crippen LogP contribution in [-0.4, -0.2) is 33.9 Å². The number of hydrogen-bond donors (Lipinski definition) is 2. The van der Waals surface area contributed by atoms with Gasteiger partial charge in [0.25, 0.3) is 6.47 Å². The maximum absolute atomic E-state index is 12.7. The van der Waals surface area contributed by atoms with Crippen LogP contribution >= 0.6 is 0 Å². The summed E-state index contributed by atoms with van der Waals surface area (Å²) in [4.78, 5) is 21.0. The smallest absolute Gasteiger partial charge is 0.343 e. The Morgan fingerprint density at radius 3 is 1.74 bits per heavy atom. The average Bonchev–Trinajstić information content (AvgIpc) is 2.90. The van der Waals surface area contributed by atoms with Crippen molar-refractivity contribution in [1.29, 1.82) is 0 Å². The molecule has 0 aliphatic heterocycles. The lowest BCUT2D eigenvalue weighted by Gasteiger charge is -2.37. The van der Waals surface area contributed by atoms with Crippen molar-refractivity contribution in [2.75, 3.05) is 0 Å². The minimum absolute atomic E-state index is 0.250. The van der Waals surface area contributed by atoms with Crippen LogP contribution in [0.1, 0.15) is 108 Å². The van der Waals surface area contributed by atoms with Crippen LogP contribution in [0.4, 0.5) is 0 Å². The maximum Gasteiger partial charge on any atom is 0.343 e. The van der Waals surface area contributed by atoms with E-state index in [9.17, 15) is 9.90 Å². The number of esters is 1. The highest BCUT2D eigenvalue weighted by Gasteiger charge is 2.37. The van der Waals surface area contributed by atoms with E-state index in [2.05, 4.69) is 19.1 Å². The second-order valence-electron chi connectivity index (χ2n) is 12.4. The third-order valence-electron chi connectivity index (χ3n) is 9.00. The highest BCUT2D eigenvalue weighted by atomic mass is 16.5. The van der Waals surface area contributed by atoms with Gasteiger partial charge in [-0.25, -0.2) is 4.79 Å². The predicted octanol–water partition coefficient (Wildman–Crippen LogP) is 7.64. The Morgan fingerprint density at radius 1 is 0.795 bits per heavy atom. The molecule has 2 saturated carbocycles. The van der Waals surface area contributed by atoms with Crippen LogP contribution in [-0.2, 0) is 4.79 Å². The SMILES string of the molecule is CC1CCC(C2CCC(c3ccc(OC(=O)c4ccc(OC(C)(C)C(C)(C)O)cc4)cc3)CC2)CC1.O=CO. The minimum atomic E-state index is -1.01. The molecule has 2 aromatic rings. The number of aliphatic hydroxyl groups is 1. The van der Waals surface area contributed by atoms with Crippen molar-refractivity contribution >= 4 is 12.4 Å². The fourth-order valence-corrected chi connectivity index (χ4v) is 5.73. The first kappa shape index (κ1) is 30.7. The van der Waals surface area contributed by atoms with Gasteiger partial charge < -0.3 is 19.7 Å². The Bertz CT molecular complexity index is 1040. The van der Waals surface area contributed by atoms with Crippen LogP contribution in [0.25, 0.3) is 0 Å². The molecule has 39 heavy (non-hydrogen) atoms. The van der Waals surface area contributed by atoms with Gasteiger partial charge in [-0.1, -0.05) is 31.9 Å². The summed E-state index contributed by atoms with van der Waals surface area (Å²) >= 11 is 0. The van der Waals surface area contributed by atoms with Gasteiger partial charge in [0.05, 0.1) is 11.2 Å². The molecule has 2 fully saturated rings. The first-order valence-electron chi connectivity index (χ1n) is 14.3. The molecule has 2 aromatic carbocycles. The van der Waals surface area contributed by atoms with Crippen LogP contribution in [0.5, 0.6) is 11.5 Å². The fourth-order valence-electron chi connectivity index (χ4n) is 5.73. The molecule has 6 nitrogen and oxygen atoms in total.